The number of carbonyl (C=O) groups excluding carboxylic acids is 1. The number of likely N-dealkylation sites (tertiary alicyclic amines) is 1. The summed E-state index contributed by atoms with van der Waals surface area (Å²) in [6.07, 6.45) is 3.95. The standard InChI is InChI=1S/C13H17NO4/c15-12(11-3-1-8-16-11)14-6-4-13(5-7-14)17-9-2-10-18-13/h1,3,8H,2,4-7,9-10H2. The molecule has 1 aromatic rings. The lowest BCUT2D eigenvalue weighted by molar-refractivity contribution is -0.281. The smallest absolute Gasteiger partial charge is 0.289 e. The van der Waals surface area contributed by atoms with Crippen LogP contribution in [0, 0.1) is 0 Å². The van der Waals surface area contributed by atoms with Crippen molar-refractivity contribution in [2.75, 3.05) is 26.3 Å². The highest BCUT2D eigenvalue weighted by Crippen LogP contribution is 2.31. The Balaban J connectivity index is 1.61. The molecule has 0 bridgehead atoms. The number of carbonyl (C=O) groups is 1. The maximum Gasteiger partial charge on any atom is 0.289 e. The van der Waals surface area contributed by atoms with Gasteiger partial charge in [0.15, 0.2) is 11.5 Å². The van der Waals surface area contributed by atoms with E-state index >= 15 is 0 Å². The highest BCUT2D eigenvalue weighted by molar-refractivity contribution is 5.91. The fraction of sp³-hybridized carbons (Fsp3) is 0.615. The Bertz CT molecular complexity index is 399. The van der Waals surface area contributed by atoms with Crippen molar-refractivity contribution in [3.05, 3.63) is 24.2 Å². The second-order valence-electron chi connectivity index (χ2n) is 4.73. The molecule has 3 rings (SSSR count). The third-order valence-electron chi connectivity index (χ3n) is 3.56. The first-order chi connectivity index (χ1) is 8.79. The molecule has 3 heterocycles. The van der Waals surface area contributed by atoms with Crippen LogP contribution in [-0.4, -0.2) is 42.9 Å². The van der Waals surface area contributed by atoms with Gasteiger partial charge in [0.2, 0.25) is 0 Å². The van der Waals surface area contributed by atoms with Gasteiger partial charge in [-0.1, -0.05) is 0 Å². The zero-order valence-corrected chi connectivity index (χ0v) is 10.3. The number of hydrogen-bond acceptors (Lipinski definition) is 4. The summed E-state index contributed by atoms with van der Waals surface area (Å²) in [6.45, 7) is 2.82. The molecule has 5 nitrogen and oxygen atoms in total. The minimum atomic E-state index is -0.446. The van der Waals surface area contributed by atoms with Crippen LogP contribution in [0.2, 0.25) is 0 Å². The number of piperidine rings is 1. The molecular weight excluding hydrogens is 234 g/mol. The second-order valence-corrected chi connectivity index (χ2v) is 4.73. The maximum absolute atomic E-state index is 12.1. The van der Waals surface area contributed by atoms with Gasteiger partial charge in [-0.3, -0.25) is 4.79 Å². The van der Waals surface area contributed by atoms with Gasteiger partial charge in [-0.05, 0) is 18.6 Å². The summed E-state index contributed by atoms with van der Waals surface area (Å²) in [4.78, 5) is 13.9. The number of furan rings is 1. The summed E-state index contributed by atoms with van der Waals surface area (Å²) >= 11 is 0. The van der Waals surface area contributed by atoms with E-state index in [9.17, 15) is 4.79 Å². The molecule has 0 atom stereocenters. The zero-order chi connectivity index (χ0) is 12.4. The molecule has 2 aliphatic heterocycles. The Morgan fingerprint density at radius 3 is 2.56 bits per heavy atom. The van der Waals surface area contributed by atoms with Crippen molar-refractivity contribution in [1.82, 2.24) is 4.90 Å². The van der Waals surface area contributed by atoms with E-state index in [0.717, 1.165) is 32.5 Å². The van der Waals surface area contributed by atoms with Crippen molar-refractivity contribution in [3.8, 4) is 0 Å². The van der Waals surface area contributed by atoms with E-state index in [0.29, 0.717) is 18.8 Å². The first-order valence-electron chi connectivity index (χ1n) is 6.40. The molecule has 0 saturated carbocycles. The summed E-state index contributed by atoms with van der Waals surface area (Å²) < 4.78 is 16.6. The molecule has 1 amide bonds. The van der Waals surface area contributed by atoms with E-state index in [2.05, 4.69) is 0 Å². The minimum Gasteiger partial charge on any atom is -0.459 e. The molecule has 2 aliphatic rings. The molecule has 1 spiro atoms. The van der Waals surface area contributed by atoms with E-state index in [1.54, 1.807) is 17.0 Å². The van der Waals surface area contributed by atoms with E-state index < -0.39 is 5.79 Å². The lowest BCUT2D eigenvalue weighted by atomic mass is 10.0. The zero-order valence-electron chi connectivity index (χ0n) is 10.3. The quantitative estimate of drug-likeness (QED) is 0.761. The normalized spacial score (nSPS) is 23.2. The summed E-state index contributed by atoms with van der Waals surface area (Å²) in [5.74, 6) is -0.0971. The fourth-order valence-electron chi connectivity index (χ4n) is 2.51. The van der Waals surface area contributed by atoms with Gasteiger partial charge in [0.25, 0.3) is 5.91 Å². The van der Waals surface area contributed by atoms with Crippen molar-refractivity contribution in [3.63, 3.8) is 0 Å². The number of hydrogen-bond donors (Lipinski definition) is 0. The maximum atomic E-state index is 12.1. The summed E-state index contributed by atoms with van der Waals surface area (Å²) in [7, 11) is 0. The summed E-state index contributed by atoms with van der Waals surface area (Å²) in [5.41, 5.74) is 0. The van der Waals surface area contributed by atoms with Crippen LogP contribution in [0.5, 0.6) is 0 Å². The van der Waals surface area contributed by atoms with E-state index in [1.807, 2.05) is 0 Å². The molecule has 18 heavy (non-hydrogen) atoms. The van der Waals surface area contributed by atoms with Gasteiger partial charge >= 0.3 is 0 Å². The average molecular weight is 251 g/mol. The van der Waals surface area contributed by atoms with Crippen LogP contribution in [0.25, 0.3) is 0 Å². The van der Waals surface area contributed by atoms with Crippen LogP contribution >= 0.6 is 0 Å². The van der Waals surface area contributed by atoms with Gasteiger partial charge in [-0.2, -0.15) is 0 Å². The topological polar surface area (TPSA) is 51.9 Å². The van der Waals surface area contributed by atoms with Crippen molar-refractivity contribution in [1.29, 1.82) is 0 Å². The molecule has 0 unspecified atom stereocenters. The molecular formula is C13H17NO4. The van der Waals surface area contributed by atoms with Gasteiger partial charge in [0.1, 0.15) is 0 Å². The highest BCUT2D eigenvalue weighted by atomic mass is 16.7. The highest BCUT2D eigenvalue weighted by Gasteiger charge is 2.39. The van der Waals surface area contributed by atoms with Crippen LogP contribution in [-0.2, 0) is 9.47 Å². The first kappa shape index (κ1) is 11.7. The van der Waals surface area contributed by atoms with Crippen LogP contribution in [0.3, 0.4) is 0 Å². The van der Waals surface area contributed by atoms with Crippen molar-refractivity contribution < 1.29 is 18.7 Å². The third kappa shape index (κ3) is 2.15. The number of amides is 1. The van der Waals surface area contributed by atoms with Gasteiger partial charge in [0, 0.05) is 25.9 Å². The van der Waals surface area contributed by atoms with Gasteiger partial charge in [-0.25, -0.2) is 0 Å². The Labute approximate surface area is 106 Å². The van der Waals surface area contributed by atoms with Gasteiger partial charge < -0.3 is 18.8 Å². The van der Waals surface area contributed by atoms with Crippen LogP contribution < -0.4 is 0 Å². The molecule has 5 heteroatoms. The second kappa shape index (κ2) is 4.74. The fourth-order valence-corrected chi connectivity index (χ4v) is 2.51. The van der Waals surface area contributed by atoms with Crippen LogP contribution in [0.4, 0.5) is 0 Å². The van der Waals surface area contributed by atoms with Crippen molar-refractivity contribution in [2.45, 2.75) is 25.0 Å². The molecule has 98 valence electrons. The molecule has 0 aromatic carbocycles. The van der Waals surface area contributed by atoms with E-state index in [-0.39, 0.29) is 5.91 Å². The van der Waals surface area contributed by atoms with Crippen LogP contribution in [0.1, 0.15) is 29.8 Å². The molecule has 0 aliphatic carbocycles. The first-order valence-corrected chi connectivity index (χ1v) is 6.40. The molecule has 2 fully saturated rings. The van der Waals surface area contributed by atoms with Crippen molar-refractivity contribution in [2.24, 2.45) is 0 Å². The van der Waals surface area contributed by atoms with Gasteiger partial charge in [-0.15, -0.1) is 0 Å². The Morgan fingerprint density at radius 2 is 1.94 bits per heavy atom. The monoisotopic (exact) mass is 251 g/mol. The van der Waals surface area contributed by atoms with Crippen LogP contribution in [0.15, 0.2) is 22.8 Å². The molecule has 2 saturated heterocycles. The Kier molecular flexibility index (Phi) is 3.09. The molecule has 1 aromatic heterocycles. The van der Waals surface area contributed by atoms with E-state index in [4.69, 9.17) is 13.9 Å². The number of nitrogens with zero attached hydrogens (tertiary/aromatic N) is 1. The largest absolute Gasteiger partial charge is 0.459 e. The summed E-state index contributed by atoms with van der Waals surface area (Å²) in [6, 6.07) is 3.42. The number of ether oxygens (including phenoxy) is 2. The SMILES string of the molecule is O=C(c1ccco1)N1CCC2(CC1)OCCCO2. The predicted molar refractivity (Wildman–Crippen MR) is 63.1 cm³/mol. The number of rotatable bonds is 1. The van der Waals surface area contributed by atoms with Gasteiger partial charge in [0.05, 0.1) is 19.5 Å². The van der Waals surface area contributed by atoms with E-state index in [1.165, 1.54) is 6.26 Å². The molecule has 0 N–H and O–H groups in total. The Morgan fingerprint density at radius 1 is 1.22 bits per heavy atom. The lowest BCUT2D eigenvalue weighted by Gasteiger charge is -2.43. The lowest BCUT2D eigenvalue weighted by Crippen LogP contribution is -2.51. The molecule has 0 radical (unpaired) electrons. The van der Waals surface area contributed by atoms with Crippen molar-refractivity contribution >= 4 is 5.91 Å². The minimum absolute atomic E-state index is 0.0503. The third-order valence-corrected chi connectivity index (χ3v) is 3.56. The average Bonchev–Trinajstić information content (AvgIpc) is 2.94. The predicted octanol–water partition coefficient (Wildman–Crippen LogP) is 1.65. The Hall–Kier alpha value is -1.33. The summed E-state index contributed by atoms with van der Waals surface area (Å²) in [5, 5.41) is 0.